The lowest BCUT2D eigenvalue weighted by molar-refractivity contribution is 0.122. The third-order valence-corrected chi connectivity index (χ3v) is 5.26. The summed E-state index contributed by atoms with van der Waals surface area (Å²) in [5, 5.41) is 12.0. The van der Waals surface area contributed by atoms with Gasteiger partial charge in [0.25, 0.3) is 0 Å². The number of hydrogen-bond donors (Lipinski definition) is 3. The number of fused-ring (bicyclic) bond motifs is 1. The van der Waals surface area contributed by atoms with Gasteiger partial charge in [0, 0.05) is 40.8 Å². The SMILES string of the molecule is Nc1n[nH]c2cc(-c3cc(Nc4ccc(Cl)cc4)nc(N4CCOCC4)n3)ccc12. The molecule has 1 fully saturated rings. The fourth-order valence-electron chi connectivity index (χ4n) is 3.43. The van der Waals surface area contributed by atoms with Crippen molar-refractivity contribution in [1.82, 2.24) is 20.2 Å². The van der Waals surface area contributed by atoms with Gasteiger partial charge in [-0.05, 0) is 36.4 Å². The van der Waals surface area contributed by atoms with Gasteiger partial charge in [-0.1, -0.05) is 17.7 Å². The molecule has 9 heteroatoms. The molecule has 0 aliphatic carbocycles. The minimum absolute atomic E-state index is 0.485. The fraction of sp³-hybridized carbons (Fsp3) is 0.190. The third-order valence-electron chi connectivity index (χ3n) is 5.01. The molecule has 0 bridgehead atoms. The molecule has 0 unspecified atom stereocenters. The minimum atomic E-state index is 0.485. The lowest BCUT2D eigenvalue weighted by Gasteiger charge is -2.27. The number of rotatable bonds is 4. The van der Waals surface area contributed by atoms with E-state index < -0.39 is 0 Å². The van der Waals surface area contributed by atoms with Crippen molar-refractivity contribution in [1.29, 1.82) is 0 Å². The van der Waals surface area contributed by atoms with Crippen molar-refractivity contribution in [2.45, 2.75) is 0 Å². The number of benzene rings is 2. The van der Waals surface area contributed by atoms with E-state index in [-0.39, 0.29) is 0 Å². The van der Waals surface area contributed by atoms with Crippen LogP contribution in [0, 0.1) is 0 Å². The molecule has 1 aliphatic rings. The first-order chi connectivity index (χ1) is 14.7. The predicted octanol–water partition coefficient (Wildman–Crippen LogP) is 3.84. The molecule has 5 rings (SSSR count). The topological polar surface area (TPSA) is 105 Å². The highest BCUT2D eigenvalue weighted by atomic mass is 35.5. The number of nitrogens with zero attached hydrogens (tertiary/aromatic N) is 4. The quantitative estimate of drug-likeness (QED) is 0.459. The van der Waals surface area contributed by atoms with Gasteiger partial charge in [-0.3, -0.25) is 5.10 Å². The average molecular weight is 422 g/mol. The second-order valence-corrected chi connectivity index (χ2v) is 7.48. The van der Waals surface area contributed by atoms with Crippen LogP contribution in [0.1, 0.15) is 0 Å². The van der Waals surface area contributed by atoms with Crippen molar-refractivity contribution >= 4 is 45.8 Å². The molecule has 30 heavy (non-hydrogen) atoms. The molecule has 152 valence electrons. The molecule has 1 saturated heterocycles. The van der Waals surface area contributed by atoms with Crippen molar-refractivity contribution in [3.8, 4) is 11.3 Å². The number of ether oxygens (including phenoxy) is 1. The maximum atomic E-state index is 6.01. The van der Waals surface area contributed by atoms with E-state index in [1.807, 2.05) is 48.5 Å². The first kappa shape index (κ1) is 18.7. The lowest BCUT2D eigenvalue weighted by Crippen LogP contribution is -2.37. The predicted molar refractivity (Wildman–Crippen MR) is 119 cm³/mol. The van der Waals surface area contributed by atoms with E-state index in [2.05, 4.69) is 20.4 Å². The van der Waals surface area contributed by atoms with E-state index >= 15 is 0 Å². The second kappa shape index (κ2) is 7.81. The number of aromatic nitrogens is 4. The van der Waals surface area contributed by atoms with E-state index in [4.69, 9.17) is 32.0 Å². The van der Waals surface area contributed by atoms with Crippen LogP contribution >= 0.6 is 11.6 Å². The number of halogens is 1. The summed E-state index contributed by atoms with van der Waals surface area (Å²) in [6.45, 7) is 2.82. The first-order valence-corrected chi connectivity index (χ1v) is 10.0. The van der Waals surface area contributed by atoms with E-state index in [9.17, 15) is 0 Å². The Bertz CT molecular complexity index is 1190. The van der Waals surface area contributed by atoms with Crippen molar-refractivity contribution < 1.29 is 4.74 Å². The number of nitrogens with two attached hydrogens (primary N) is 1. The number of morpholine rings is 1. The van der Waals surface area contributed by atoms with Crippen LogP contribution in [0.3, 0.4) is 0 Å². The van der Waals surface area contributed by atoms with Gasteiger partial charge in [0.2, 0.25) is 5.95 Å². The van der Waals surface area contributed by atoms with Gasteiger partial charge in [-0.2, -0.15) is 10.1 Å². The number of nitrogen functional groups attached to an aromatic ring is 1. The van der Waals surface area contributed by atoms with Crippen LogP contribution in [-0.2, 0) is 4.74 Å². The monoisotopic (exact) mass is 421 g/mol. The molecule has 8 nitrogen and oxygen atoms in total. The fourth-order valence-corrected chi connectivity index (χ4v) is 3.56. The molecular weight excluding hydrogens is 402 g/mol. The van der Waals surface area contributed by atoms with E-state index in [1.165, 1.54) is 0 Å². The van der Waals surface area contributed by atoms with Crippen molar-refractivity contribution in [2.75, 3.05) is 42.3 Å². The molecule has 4 aromatic rings. The molecule has 0 amide bonds. The molecule has 0 radical (unpaired) electrons. The molecule has 1 aliphatic heterocycles. The summed E-state index contributed by atoms with van der Waals surface area (Å²) in [4.78, 5) is 11.7. The van der Waals surface area contributed by atoms with Gasteiger partial charge in [-0.15, -0.1) is 0 Å². The zero-order valence-electron chi connectivity index (χ0n) is 16.1. The zero-order valence-corrected chi connectivity index (χ0v) is 16.9. The van der Waals surface area contributed by atoms with Crippen LogP contribution in [0.4, 0.5) is 23.3 Å². The normalized spacial score (nSPS) is 14.2. The second-order valence-electron chi connectivity index (χ2n) is 7.04. The van der Waals surface area contributed by atoms with Gasteiger partial charge in [0.05, 0.1) is 24.4 Å². The minimum Gasteiger partial charge on any atom is -0.382 e. The van der Waals surface area contributed by atoms with Crippen molar-refractivity contribution in [3.05, 3.63) is 53.6 Å². The summed E-state index contributed by atoms with van der Waals surface area (Å²) in [6, 6.07) is 15.4. The van der Waals surface area contributed by atoms with E-state index in [0.717, 1.165) is 40.9 Å². The largest absolute Gasteiger partial charge is 0.382 e. The zero-order chi connectivity index (χ0) is 20.5. The van der Waals surface area contributed by atoms with Gasteiger partial charge in [0.1, 0.15) is 5.82 Å². The first-order valence-electron chi connectivity index (χ1n) is 9.64. The smallest absolute Gasteiger partial charge is 0.228 e. The Balaban J connectivity index is 1.56. The van der Waals surface area contributed by atoms with E-state index in [1.54, 1.807) is 0 Å². The highest BCUT2D eigenvalue weighted by Crippen LogP contribution is 2.29. The molecular formula is C21H20ClN7O. The third kappa shape index (κ3) is 3.74. The molecule has 4 N–H and O–H groups in total. The number of nitrogens with one attached hydrogen (secondary N) is 2. The summed E-state index contributed by atoms with van der Waals surface area (Å²) in [5.74, 6) is 1.85. The molecule has 0 spiro atoms. The maximum absolute atomic E-state index is 6.01. The molecule has 0 atom stereocenters. The van der Waals surface area contributed by atoms with E-state index in [0.29, 0.717) is 35.8 Å². The van der Waals surface area contributed by atoms with Crippen molar-refractivity contribution in [3.63, 3.8) is 0 Å². The average Bonchev–Trinajstić information content (AvgIpc) is 3.16. The summed E-state index contributed by atoms with van der Waals surface area (Å²) in [7, 11) is 0. The Hall–Kier alpha value is -3.36. The number of anilines is 4. The standard InChI is InChI=1S/C21H20ClN7O/c22-14-2-4-15(5-3-14)24-19-12-17(25-21(26-19)29-7-9-30-10-8-29)13-1-6-16-18(11-13)27-28-20(16)23/h1-6,11-12H,7-10H2,(H3,23,27,28)(H,24,25,26). The highest BCUT2D eigenvalue weighted by molar-refractivity contribution is 6.30. The Kier molecular flexibility index (Phi) is 4.86. The van der Waals surface area contributed by atoms with Crippen LogP contribution in [-0.4, -0.2) is 46.5 Å². The van der Waals surface area contributed by atoms with Crippen LogP contribution in [0.5, 0.6) is 0 Å². The van der Waals surface area contributed by atoms with Gasteiger partial charge >= 0.3 is 0 Å². The lowest BCUT2D eigenvalue weighted by atomic mass is 10.1. The van der Waals surface area contributed by atoms with Gasteiger partial charge in [-0.25, -0.2) is 4.98 Å². The molecule has 2 aromatic heterocycles. The van der Waals surface area contributed by atoms with Gasteiger partial charge < -0.3 is 20.7 Å². The van der Waals surface area contributed by atoms with Crippen LogP contribution in [0.2, 0.25) is 5.02 Å². The Morgan fingerprint density at radius 3 is 2.63 bits per heavy atom. The van der Waals surface area contributed by atoms with Crippen LogP contribution in [0.25, 0.3) is 22.2 Å². The maximum Gasteiger partial charge on any atom is 0.228 e. The van der Waals surface area contributed by atoms with Crippen LogP contribution < -0.4 is 16.0 Å². The summed E-state index contributed by atoms with van der Waals surface area (Å²) in [5.41, 5.74) is 9.41. The Labute approximate surface area is 178 Å². The molecule has 3 heterocycles. The Morgan fingerprint density at radius 2 is 1.83 bits per heavy atom. The van der Waals surface area contributed by atoms with Crippen molar-refractivity contribution in [2.24, 2.45) is 0 Å². The Morgan fingerprint density at radius 1 is 1.03 bits per heavy atom. The molecule has 0 saturated carbocycles. The number of aromatic amines is 1. The number of hydrogen-bond acceptors (Lipinski definition) is 7. The summed E-state index contributed by atoms with van der Waals surface area (Å²) < 4.78 is 5.48. The summed E-state index contributed by atoms with van der Waals surface area (Å²) in [6.07, 6.45) is 0. The highest BCUT2D eigenvalue weighted by Gasteiger charge is 2.17. The number of H-pyrrole nitrogens is 1. The van der Waals surface area contributed by atoms with Crippen LogP contribution in [0.15, 0.2) is 48.5 Å². The summed E-state index contributed by atoms with van der Waals surface area (Å²) >= 11 is 6.01. The van der Waals surface area contributed by atoms with Gasteiger partial charge in [0.15, 0.2) is 5.82 Å². The molecule has 2 aromatic carbocycles.